The molecule has 3 N–H and O–H groups in total. The summed E-state index contributed by atoms with van der Waals surface area (Å²) in [6.07, 6.45) is 2.74. The number of aryl methyl sites for hydroxylation is 1. The van der Waals surface area contributed by atoms with Gasteiger partial charge >= 0.3 is 0 Å². The van der Waals surface area contributed by atoms with E-state index in [4.69, 9.17) is 0 Å². The normalized spacial score (nSPS) is 10.8. The van der Waals surface area contributed by atoms with Crippen molar-refractivity contribution < 1.29 is 4.79 Å². The second-order valence-electron chi connectivity index (χ2n) is 6.54. The van der Waals surface area contributed by atoms with E-state index in [-0.39, 0.29) is 5.91 Å². The minimum Gasteiger partial charge on any atom is -0.361 e. The second kappa shape index (κ2) is 7.92. The van der Waals surface area contributed by atoms with Gasteiger partial charge in [-0.15, -0.1) is 0 Å². The molecule has 4 rings (SSSR count). The van der Waals surface area contributed by atoms with Crippen LogP contribution < -0.4 is 10.6 Å². The van der Waals surface area contributed by atoms with Crippen molar-refractivity contribution in [3.8, 4) is 0 Å². The second-order valence-corrected chi connectivity index (χ2v) is 6.54. The summed E-state index contributed by atoms with van der Waals surface area (Å²) in [6, 6.07) is 19.5. The Kier molecular flexibility index (Phi) is 5.01. The molecule has 0 fully saturated rings. The van der Waals surface area contributed by atoms with Gasteiger partial charge < -0.3 is 15.6 Å². The summed E-state index contributed by atoms with van der Waals surface area (Å²) in [5.74, 6) is 0.935. The summed E-state index contributed by atoms with van der Waals surface area (Å²) in [7, 11) is 0. The number of nitrogens with zero attached hydrogens (tertiary/aromatic N) is 2. The number of benzene rings is 2. The molecule has 2 aromatic heterocycles. The van der Waals surface area contributed by atoms with Crippen molar-refractivity contribution in [3.63, 3.8) is 0 Å². The maximum atomic E-state index is 12.6. The van der Waals surface area contributed by atoms with Crippen LogP contribution in [0.4, 0.5) is 11.5 Å². The SMILES string of the molecule is Cc1nc(Nc2ccccc2)cc(C(=O)NCCc2c[nH]c3ccccc23)n1. The summed E-state index contributed by atoms with van der Waals surface area (Å²) in [5.41, 5.74) is 3.55. The van der Waals surface area contributed by atoms with Gasteiger partial charge in [0.05, 0.1) is 0 Å². The zero-order valence-corrected chi connectivity index (χ0v) is 15.6. The van der Waals surface area contributed by atoms with Gasteiger partial charge in [-0.25, -0.2) is 9.97 Å². The Hall–Kier alpha value is -3.67. The Bertz CT molecular complexity index is 1100. The fourth-order valence-electron chi connectivity index (χ4n) is 3.16. The van der Waals surface area contributed by atoms with Gasteiger partial charge in [0.15, 0.2) is 0 Å². The molecule has 6 heteroatoms. The van der Waals surface area contributed by atoms with E-state index in [9.17, 15) is 4.79 Å². The van der Waals surface area contributed by atoms with E-state index in [1.54, 1.807) is 13.0 Å². The number of carbonyl (C=O) groups excluding carboxylic acids is 1. The first-order valence-corrected chi connectivity index (χ1v) is 9.20. The number of hydrogen-bond donors (Lipinski definition) is 3. The molecule has 6 nitrogen and oxygen atoms in total. The molecular formula is C22H21N5O. The zero-order chi connectivity index (χ0) is 19.3. The number of amides is 1. The molecule has 0 radical (unpaired) electrons. The van der Waals surface area contributed by atoms with Gasteiger partial charge in [-0.3, -0.25) is 4.79 Å². The van der Waals surface area contributed by atoms with Crippen LogP contribution in [0.5, 0.6) is 0 Å². The van der Waals surface area contributed by atoms with E-state index in [0.29, 0.717) is 23.9 Å². The molecule has 4 aromatic rings. The average Bonchev–Trinajstić information content (AvgIpc) is 3.11. The van der Waals surface area contributed by atoms with Crippen molar-refractivity contribution in [2.75, 3.05) is 11.9 Å². The molecule has 28 heavy (non-hydrogen) atoms. The van der Waals surface area contributed by atoms with E-state index in [1.165, 1.54) is 10.9 Å². The highest BCUT2D eigenvalue weighted by molar-refractivity contribution is 5.93. The van der Waals surface area contributed by atoms with E-state index in [0.717, 1.165) is 17.6 Å². The van der Waals surface area contributed by atoms with Crippen LogP contribution in [-0.4, -0.2) is 27.4 Å². The van der Waals surface area contributed by atoms with Gasteiger partial charge in [0.25, 0.3) is 5.91 Å². The molecule has 0 saturated carbocycles. The van der Waals surface area contributed by atoms with Crippen molar-refractivity contribution in [3.05, 3.63) is 83.9 Å². The smallest absolute Gasteiger partial charge is 0.270 e. The van der Waals surface area contributed by atoms with E-state index >= 15 is 0 Å². The largest absolute Gasteiger partial charge is 0.361 e. The van der Waals surface area contributed by atoms with Gasteiger partial charge in [0.1, 0.15) is 17.3 Å². The molecule has 0 atom stereocenters. The van der Waals surface area contributed by atoms with Crippen molar-refractivity contribution in [1.82, 2.24) is 20.3 Å². The number of nitrogens with one attached hydrogen (secondary N) is 3. The standard InChI is InChI=1S/C22H21N5O/c1-15-25-20(13-21(26-15)27-17-7-3-2-4-8-17)22(28)23-12-11-16-14-24-19-10-6-5-9-18(16)19/h2-10,13-14,24H,11-12H2,1H3,(H,23,28)(H,25,26,27). The highest BCUT2D eigenvalue weighted by Crippen LogP contribution is 2.18. The van der Waals surface area contributed by atoms with Crippen LogP contribution in [0.2, 0.25) is 0 Å². The van der Waals surface area contributed by atoms with Crippen LogP contribution in [0.3, 0.4) is 0 Å². The lowest BCUT2D eigenvalue weighted by Gasteiger charge is -2.09. The quantitative estimate of drug-likeness (QED) is 0.479. The zero-order valence-electron chi connectivity index (χ0n) is 15.6. The third kappa shape index (κ3) is 4.01. The van der Waals surface area contributed by atoms with Gasteiger partial charge in [0, 0.05) is 35.4 Å². The fraction of sp³-hybridized carbons (Fsp3) is 0.136. The molecule has 0 spiro atoms. The first-order valence-electron chi connectivity index (χ1n) is 9.20. The number of para-hydroxylation sites is 2. The van der Waals surface area contributed by atoms with Crippen LogP contribution >= 0.6 is 0 Å². The number of H-pyrrole nitrogens is 1. The Morgan fingerprint density at radius 1 is 1.04 bits per heavy atom. The van der Waals surface area contributed by atoms with Crippen molar-refractivity contribution in [2.45, 2.75) is 13.3 Å². The monoisotopic (exact) mass is 371 g/mol. The molecule has 140 valence electrons. The van der Waals surface area contributed by atoms with Gasteiger partial charge in [-0.2, -0.15) is 0 Å². The number of fused-ring (bicyclic) bond motifs is 1. The maximum absolute atomic E-state index is 12.6. The predicted molar refractivity (Wildman–Crippen MR) is 111 cm³/mol. The van der Waals surface area contributed by atoms with Crippen molar-refractivity contribution in [1.29, 1.82) is 0 Å². The van der Waals surface area contributed by atoms with Crippen LogP contribution in [-0.2, 0) is 6.42 Å². The lowest BCUT2D eigenvalue weighted by Crippen LogP contribution is -2.27. The lowest BCUT2D eigenvalue weighted by molar-refractivity contribution is 0.0949. The molecule has 2 aromatic carbocycles. The number of anilines is 2. The average molecular weight is 371 g/mol. The van der Waals surface area contributed by atoms with E-state index < -0.39 is 0 Å². The number of aromatic amines is 1. The van der Waals surface area contributed by atoms with Crippen LogP contribution in [0.25, 0.3) is 10.9 Å². The summed E-state index contributed by atoms with van der Waals surface area (Å²) in [4.78, 5) is 24.4. The molecule has 0 aliphatic rings. The van der Waals surface area contributed by atoms with E-state index in [1.807, 2.05) is 54.7 Å². The fourth-order valence-corrected chi connectivity index (χ4v) is 3.16. The topological polar surface area (TPSA) is 82.7 Å². The Balaban J connectivity index is 1.41. The molecule has 1 amide bonds. The first kappa shape index (κ1) is 17.7. The third-order valence-electron chi connectivity index (χ3n) is 4.47. The van der Waals surface area contributed by atoms with Crippen LogP contribution in [0.15, 0.2) is 66.9 Å². The maximum Gasteiger partial charge on any atom is 0.270 e. The molecular weight excluding hydrogens is 350 g/mol. The summed E-state index contributed by atoms with van der Waals surface area (Å²) < 4.78 is 0. The molecule has 0 aliphatic heterocycles. The summed E-state index contributed by atoms with van der Waals surface area (Å²) in [5, 5.41) is 7.34. The third-order valence-corrected chi connectivity index (χ3v) is 4.47. The minimum absolute atomic E-state index is 0.207. The highest BCUT2D eigenvalue weighted by Gasteiger charge is 2.11. The summed E-state index contributed by atoms with van der Waals surface area (Å²) >= 11 is 0. The van der Waals surface area contributed by atoms with Crippen molar-refractivity contribution >= 4 is 28.3 Å². The molecule has 0 saturated heterocycles. The minimum atomic E-state index is -0.207. The number of carbonyl (C=O) groups is 1. The Labute approximate surface area is 163 Å². The van der Waals surface area contributed by atoms with E-state index in [2.05, 4.69) is 31.7 Å². The van der Waals surface area contributed by atoms with Gasteiger partial charge in [-0.1, -0.05) is 36.4 Å². The van der Waals surface area contributed by atoms with Crippen molar-refractivity contribution in [2.24, 2.45) is 0 Å². The van der Waals surface area contributed by atoms with Gasteiger partial charge in [-0.05, 0) is 37.1 Å². The number of aromatic nitrogens is 3. The highest BCUT2D eigenvalue weighted by atomic mass is 16.1. The molecule has 2 heterocycles. The molecule has 0 aliphatic carbocycles. The Morgan fingerprint density at radius 3 is 2.68 bits per heavy atom. The first-order chi connectivity index (χ1) is 13.7. The Morgan fingerprint density at radius 2 is 1.82 bits per heavy atom. The molecule has 0 unspecified atom stereocenters. The molecule has 0 bridgehead atoms. The predicted octanol–water partition coefficient (Wildman–Crippen LogP) is 3.98. The number of rotatable bonds is 6. The van der Waals surface area contributed by atoms with Gasteiger partial charge in [0.2, 0.25) is 0 Å². The lowest BCUT2D eigenvalue weighted by atomic mass is 10.1. The van der Waals surface area contributed by atoms with Crippen LogP contribution in [0.1, 0.15) is 21.9 Å². The summed E-state index contributed by atoms with van der Waals surface area (Å²) in [6.45, 7) is 2.31. The number of hydrogen-bond acceptors (Lipinski definition) is 4. The van der Waals surface area contributed by atoms with Crippen LogP contribution in [0, 0.1) is 6.92 Å².